The van der Waals surface area contributed by atoms with Crippen molar-refractivity contribution in [2.45, 2.75) is 25.5 Å². The summed E-state index contributed by atoms with van der Waals surface area (Å²) in [5, 5.41) is 9.10. The number of benzene rings is 1. The van der Waals surface area contributed by atoms with Crippen LogP contribution in [0.1, 0.15) is 19.4 Å². The minimum atomic E-state index is -4.53. The van der Waals surface area contributed by atoms with Crippen LogP contribution in [0.5, 0.6) is 0 Å². The SMILES string of the molecule is CC(C)C(Cl)N(C(=O)O)c1cccc(C(F)(F)F)c1. The van der Waals surface area contributed by atoms with Crippen molar-refractivity contribution in [1.82, 2.24) is 0 Å². The highest BCUT2D eigenvalue weighted by molar-refractivity contribution is 6.24. The van der Waals surface area contributed by atoms with Gasteiger partial charge >= 0.3 is 12.3 Å². The maximum atomic E-state index is 12.6. The van der Waals surface area contributed by atoms with Crippen LogP contribution in [0.15, 0.2) is 24.3 Å². The van der Waals surface area contributed by atoms with Gasteiger partial charge in [-0.15, -0.1) is 0 Å². The number of carbonyl (C=O) groups is 1. The third-order valence-corrected chi connectivity index (χ3v) is 3.15. The van der Waals surface area contributed by atoms with E-state index in [2.05, 4.69) is 0 Å². The number of nitrogens with zero attached hydrogens (tertiary/aromatic N) is 1. The van der Waals surface area contributed by atoms with Crippen LogP contribution in [0.25, 0.3) is 0 Å². The molecule has 1 amide bonds. The summed E-state index contributed by atoms with van der Waals surface area (Å²) in [7, 11) is 0. The average Bonchev–Trinajstić information content (AvgIpc) is 2.27. The lowest BCUT2D eigenvalue weighted by Gasteiger charge is -2.27. The molecule has 3 nitrogen and oxygen atoms in total. The van der Waals surface area contributed by atoms with Crippen LogP contribution in [0.3, 0.4) is 0 Å². The predicted molar refractivity (Wildman–Crippen MR) is 66.4 cm³/mol. The van der Waals surface area contributed by atoms with E-state index >= 15 is 0 Å². The summed E-state index contributed by atoms with van der Waals surface area (Å²) in [5.41, 5.74) is -1.96. The van der Waals surface area contributed by atoms with Crippen LogP contribution in [0.2, 0.25) is 0 Å². The second kappa shape index (κ2) is 5.69. The zero-order valence-corrected chi connectivity index (χ0v) is 11.0. The van der Waals surface area contributed by atoms with Gasteiger partial charge in [0.2, 0.25) is 0 Å². The van der Waals surface area contributed by atoms with Gasteiger partial charge in [0.05, 0.1) is 5.56 Å². The van der Waals surface area contributed by atoms with E-state index in [1.54, 1.807) is 13.8 Å². The van der Waals surface area contributed by atoms with E-state index < -0.39 is 23.3 Å². The number of alkyl halides is 4. The summed E-state index contributed by atoms with van der Waals surface area (Å²) >= 11 is 5.94. The van der Waals surface area contributed by atoms with Crippen LogP contribution in [0, 0.1) is 5.92 Å². The molecule has 0 bridgehead atoms. The summed E-state index contributed by atoms with van der Waals surface area (Å²) in [5.74, 6) is -0.243. The molecule has 1 unspecified atom stereocenters. The Morgan fingerprint density at radius 2 is 1.95 bits per heavy atom. The van der Waals surface area contributed by atoms with Gasteiger partial charge in [0.15, 0.2) is 0 Å². The lowest BCUT2D eigenvalue weighted by atomic mass is 10.1. The van der Waals surface area contributed by atoms with E-state index in [0.717, 1.165) is 23.1 Å². The van der Waals surface area contributed by atoms with Gasteiger partial charge in [0.1, 0.15) is 5.50 Å². The molecule has 0 heterocycles. The van der Waals surface area contributed by atoms with Crippen LogP contribution in [-0.4, -0.2) is 16.7 Å². The molecule has 106 valence electrons. The smallest absolute Gasteiger partial charge is 0.416 e. The molecule has 0 fully saturated rings. The van der Waals surface area contributed by atoms with Gasteiger partial charge < -0.3 is 5.11 Å². The second-order valence-corrected chi connectivity index (χ2v) is 4.76. The third-order valence-electron chi connectivity index (χ3n) is 2.45. The number of hydrogen-bond donors (Lipinski definition) is 1. The molecule has 19 heavy (non-hydrogen) atoms. The molecule has 1 atom stereocenters. The summed E-state index contributed by atoms with van der Waals surface area (Å²) in [4.78, 5) is 11.9. The maximum absolute atomic E-state index is 12.6. The van der Waals surface area contributed by atoms with Gasteiger partial charge in [-0.2, -0.15) is 13.2 Å². The molecular weight excluding hydrogens is 283 g/mol. The normalized spacial score (nSPS) is 13.4. The minimum Gasteiger partial charge on any atom is -0.465 e. The van der Waals surface area contributed by atoms with Crippen molar-refractivity contribution in [2.24, 2.45) is 5.92 Å². The number of halogens is 4. The fraction of sp³-hybridized carbons (Fsp3) is 0.417. The Balaban J connectivity index is 3.21. The van der Waals surface area contributed by atoms with Crippen molar-refractivity contribution in [1.29, 1.82) is 0 Å². The third kappa shape index (κ3) is 3.76. The Morgan fingerprint density at radius 1 is 1.37 bits per heavy atom. The molecule has 1 rings (SSSR count). The number of carboxylic acid groups (broad SMARTS) is 1. The van der Waals surface area contributed by atoms with Crippen molar-refractivity contribution in [3.63, 3.8) is 0 Å². The number of rotatable bonds is 3. The molecule has 1 N–H and O–H groups in total. The topological polar surface area (TPSA) is 40.5 Å². The Hall–Kier alpha value is -1.43. The fourth-order valence-corrected chi connectivity index (χ4v) is 1.68. The number of amides is 1. The molecule has 1 aromatic rings. The Bertz CT molecular complexity index is 463. The first-order chi connectivity index (χ1) is 8.64. The number of hydrogen-bond acceptors (Lipinski definition) is 1. The van der Waals surface area contributed by atoms with Crippen LogP contribution in [-0.2, 0) is 6.18 Å². The van der Waals surface area contributed by atoms with Gasteiger partial charge in [-0.1, -0.05) is 31.5 Å². The largest absolute Gasteiger partial charge is 0.465 e. The van der Waals surface area contributed by atoms with E-state index in [4.69, 9.17) is 16.7 Å². The van der Waals surface area contributed by atoms with E-state index in [1.165, 1.54) is 6.07 Å². The van der Waals surface area contributed by atoms with Gasteiger partial charge in [0, 0.05) is 5.69 Å². The van der Waals surface area contributed by atoms with Crippen LogP contribution < -0.4 is 4.90 Å². The molecule has 0 aromatic heterocycles. The molecule has 0 aliphatic heterocycles. The first-order valence-electron chi connectivity index (χ1n) is 5.48. The van der Waals surface area contributed by atoms with Crippen LogP contribution >= 0.6 is 11.6 Å². The van der Waals surface area contributed by atoms with Gasteiger partial charge in [-0.05, 0) is 24.1 Å². The molecule has 1 aromatic carbocycles. The van der Waals surface area contributed by atoms with Crippen molar-refractivity contribution < 1.29 is 23.1 Å². The highest BCUT2D eigenvalue weighted by Gasteiger charge is 2.32. The first-order valence-corrected chi connectivity index (χ1v) is 5.91. The summed E-state index contributed by atoms with van der Waals surface area (Å²) in [6, 6.07) is 4.08. The maximum Gasteiger partial charge on any atom is 0.416 e. The molecule has 0 radical (unpaired) electrons. The Labute approximate surface area is 113 Å². The van der Waals surface area contributed by atoms with Crippen molar-refractivity contribution in [3.05, 3.63) is 29.8 Å². The van der Waals surface area contributed by atoms with Crippen molar-refractivity contribution in [3.8, 4) is 0 Å². The Kier molecular flexibility index (Phi) is 4.68. The van der Waals surface area contributed by atoms with Gasteiger partial charge in [-0.25, -0.2) is 4.79 Å². The predicted octanol–water partition coefficient (Wildman–Crippen LogP) is 4.41. The summed E-state index contributed by atoms with van der Waals surface area (Å²) in [6.45, 7) is 3.36. The number of anilines is 1. The molecular formula is C12H13ClF3NO2. The van der Waals surface area contributed by atoms with E-state index in [-0.39, 0.29) is 11.6 Å². The fourth-order valence-electron chi connectivity index (χ4n) is 1.49. The average molecular weight is 296 g/mol. The molecule has 0 saturated carbocycles. The molecule has 0 spiro atoms. The highest BCUT2D eigenvalue weighted by atomic mass is 35.5. The quantitative estimate of drug-likeness (QED) is 0.663. The monoisotopic (exact) mass is 295 g/mol. The van der Waals surface area contributed by atoms with E-state index in [1.807, 2.05) is 0 Å². The Morgan fingerprint density at radius 3 is 2.37 bits per heavy atom. The zero-order valence-electron chi connectivity index (χ0n) is 10.3. The minimum absolute atomic E-state index is 0.101. The molecule has 7 heteroatoms. The van der Waals surface area contributed by atoms with Gasteiger partial charge in [0.25, 0.3) is 0 Å². The summed E-state index contributed by atoms with van der Waals surface area (Å²) < 4.78 is 37.8. The second-order valence-electron chi connectivity index (χ2n) is 4.32. The van der Waals surface area contributed by atoms with Crippen molar-refractivity contribution >= 4 is 23.4 Å². The standard InChI is InChI=1S/C12H13ClF3NO2/c1-7(2)10(13)17(11(18)19)9-5-3-4-8(6-9)12(14,15)16/h3-7,10H,1-2H3,(H,18,19). The molecule has 0 aliphatic carbocycles. The van der Waals surface area contributed by atoms with E-state index in [0.29, 0.717) is 0 Å². The van der Waals surface area contributed by atoms with E-state index in [9.17, 15) is 18.0 Å². The van der Waals surface area contributed by atoms with Crippen molar-refractivity contribution in [2.75, 3.05) is 4.90 Å². The molecule has 0 aliphatic rings. The summed E-state index contributed by atoms with van der Waals surface area (Å²) in [6.07, 6.45) is -5.92. The first kappa shape index (κ1) is 15.6. The lowest BCUT2D eigenvalue weighted by molar-refractivity contribution is -0.137. The van der Waals surface area contributed by atoms with Crippen LogP contribution in [0.4, 0.5) is 23.7 Å². The molecule has 0 saturated heterocycles. The lowest BCUT2D eigenvalue weighted by Crippen LogP contribution is -2.39. The zero-order chi connectivity index (χ0) is 14.8. The highest BCUT2D eigenvalue weighted by Crippen LogP contribution is 2.33. The van der Waals surface area contributed by atoms with Gasteiger partial charge in [-0.3, -0.25) is 4.90 Å².